The molecule has 1 amide bonds. The molecular formula is C20H26N2O3S. The standard InChI is InChI=1S/C20H26N2O3S/c1-5-18-8-6-7-9-19(18)22(17(4)23)13-12-21-26(24,25)20-11-10-15(2)14-16(20)3/h6-11,14,21H,5,12-13H2,1-4H3. The summed E-state index contributed by atoms with van der Waals surface area (Å²) < 4.78 is 27.7. The first-order valence-electron chi connectivity index (χ1n) is 8.69. The number of hydrogen-bond donors (Lipinski definition) is 1. The molecule has 2 aromatic carbocycles. The Hall–Kier alpha value is -2.18. The van der Waals surface area contributed by atoms with Crippen molar-refractivity contribution >= 4 is 21.6 Å². The zero-order valence-corrected chi connectivity index (χ0v) is 16.6. The van der Waals surface area contributed by atoms with Gasteiger partial charge in [-0.1, -0.05) is 42.8 Å². The number of aryl methyl sites for hydroxylation is 3. The molecule has 0 bridgehead atoms. The van der Waals surface area contributed by atoms with Crippen LogP contribution in [0.2, 0.25) is 0 Å². The first-order chi connectivity index (χ1) is 12.3. The minimum atomic E-state index is -3.61. The summed E-state index contributed by atoms with van der Waals surface area (Å²) in [7, 11) is -3.61. The second-order valence-electron chi connectivity index (χ2n) is 6.32. The van der Waals surface area contributed by atoms with Crippen LogP contribution in [0.25, 0.3) is 0 Å². The summed E-state index contributed by atoms with van der Waals surface area (Å²) in [5.74, 6) is -0.114. The van der Waals surface area contributed by atoms with Crippen LogP contribution in [0.15, 0.2) is 47.4 Å². The van der Waals surface area contributed by atoms with Crippen molar-refractivity contribution in [2.45, 2.75) is 39.0 Å². The smallest absolute Gasteiger partial charge is 0.240 e. The molecule has 0 aliphatic heterocycles. The molecule has 0 unspecified atom stereocenters. The molecule has 0 fully saturated rings. The zero-order chi connectivity index (χ0) is 19.3. The molecule has 0 spiro atoms. The average molecular weight is 375 g/mol. The number of sulfonamides is 1. The summed E-state index contributed by atoms with van der Waals surface area (Å²) in [6.45, 7) is 7.64. The predicted molar refractivity (Wildman–Crippen MR) is 105 cm³/mol. The highest BCUT2D eigenvalue weighted by Crippen LogP contribution is 2.21. The molecule has 5 nitrogen and oxygen atoms in total. The molecular weight excluding hydrogens is 348 g/mol. The average Bonchev–Trinajstić information content (AvgIpc) is 2.58. The van der Waals surface area contributed by atoms with Gasteiger partial charge in [0, 0.05) is 25.7 Å². The molecule has 26 heavy (non-hydrogen) atoms. The second-order valence-corrected chi connectivity index (χ2v) is 8.06. The molecule has 0 aromatic heterocycles. The largest absolute Gasteiger partial charge is 0.311 e. The van der Waals surface area contributed by atoms with E-state index in [0.717, 1.165) is 23.2 Å². The number of hydrogen-bond acceptors (Lipinski definition) is 3. The SMILES string of the molecule is CCc1ccccc1N(CCNS(=O)(=O)c1ccc(C)cc1C)C(C)=O. The van der Waals surface area contributed by atoms with Gasteiger partial charge in [0.15, 0.2) is 0 Å². The summed E-state index contributed by atoms with van der Waals surface area (Å²) in [5.41, 5.74) is 3.60. The highest BCUT2D eigenvalue weighted by Gasteiger charge is 2.19. The first-order valence-corrected chi connectivity index (χ1v) is 10.2. The number of rotatable bonds is 7. The van der Waals surface area contributed by atoms with Crippen molar-refractivity contribution < 1.29 is 13.2 Å². The lowest BCUT2D eigenvalue weighted by atomic mass is 10.1. The maximum atomic E-state index is 12.6. The van der Waals surface area contributed by atoms with E-state index in [1.807, 2.05) is 44.2 Å². The van der Waals surface area contributed by atoms with E-state index in [4.69, 9.17) is 0 Å². The maximum absolute atomic E-state index is 12.6. The Morgan fingerprint density at radius 2 is 1.81 bits per heavy atom. The van der Waals surface area contributed by atoms with Crippen molar-refractivity contribution in [1.29, 1.82) is 0 Å². The molecule has 6 heteroatoms. The summed E-state index contributed by atoms with van der Waals surface area (Å²) in [5, 5.41) is 0. The van der Waals surface area contributed by atoms with Crippen LogP contribution in [0, 0.1) is 13.8 Å². The van der Waals surface area contributed by atoms with Crippen LogP contribution in [-0.4, -0.2) is 27.4 Å². The van der Waals surface area contributed by atoms with Crippen molar-refractivity contribution in [2.24, 2.45) is 0 Å². The topological polar surface area (TPSA) is 66.5 Å². The third-order valence-electron chi connectivity index (χ3n) is 4.29. The molecule has 1 N–H and O–H groups in total. The summed E-state index contributed by atoms with van der Waals surface area (Å²) >= 11 is 0. The fourth-order valence-corrected chi connectivity index (χ4v) is 4.24. The van der Waals surface area contributed by atoms with Gasteiger partial charge in [0.25, 0.3) is 0 Å². The van der Waals surface area contributed by atoms with Crippen LogP contribution in [0.4, 0.5) is 5.69 Å². The maximum Gasteiger partial charge on any atom is 0.240 e. The molecule has 0 radical (unpaired) electrons. The van der Waals surface area contributed by atoms with E-state index >= 15 is 0 Å². The Morgan fingerprint density at radius 3 is 2.42 bits per heavy atom. The van der Waals surface area contributed by atoms with Crippen molar-refractivity contribution in [1.82, 2.24) is 4.72 Å². The fourth-order valence-electron chi connectivity index (χ4n) is 2.99. The van der Waals surface area contributed by atoms with Crippen LogP contribution < -0.4 is 9.62 Å². The van der Waals surface area contributed by atoms with E-state index in [-0.39, 0.29) is 23.9 Å². The van der Waals surface area contributed by atoms with Gasteiger partial charge in [-0.3, -0.25) is 4.79 Å². The van der Waals surface area contributed by atoms with Crippen molar-refractivity contribution in [3.8, 4) is 0 Å². The lowest BCUT2D eigenvalue weighted by molar-refractivity contribution is -0.116. The summed E-state index contributed by atoms with van der Waals surface area (Å²) in [6.07, 6.45) is 0.800. The fraction of sp³-hybridized carbons (Fsp3) is 0.350. The molecule has 0 saturated heterocycles. The van der Waals surface area contributed by atoms with Crippen molar-refractivity contribution in [2.75, 3.05) is 18.0 Å². The van der Waals surface area contributed by atoms with E-state index in [1.165, 1.54) is 6.92 Å². The Morgan fingerprint density at radius 1 is 1.12 bits per heavy atom. The molecule has 2 rings (SSSR count). The lowest BCUT2D eigenvalue weighted by Crippen LogP contribution is -2.38. The predicted octanol–water partition coefficient (Wildman–Crippen LogP) is 3.20. The summed E-state index contributed by atoms with van der Waals surface area (Å²) in [4.78, 5) is 14.0. The Labute approximate surface area is 156 Å². The number of para-hydroxylation sites is 1. The van der Waals surface area contributed by atoms with Crippen LogP contribution in [0.1, 0.15) is 30.5 Å². The number of nitrogens with one attached hydrogen (secondary N) is 1. The third-order valence-corrected chi connectivity index (χ3v) is 5.91. The highest BCUT2D eigenvalue weighted by atomic mass is 32.2. The molecule has 0 aliphatic rings. The minimum absolute atomic E-state index is 0.114. The second kappa shape index (κ2) is 8.47. The van der Waals surface area contributed by atoms with Gasteiger partial charge in [0.1, 0.15) is 0 Å². The number of anilines is 1. The van der Waals surface area contributed by atoms with E-state index in [1.54, 1.807) is 24.0 Å². The van der Waals surface area contributed by atoms with E-state index in [2.05, 4.69) is 4.72 Å². The molecule has 0 heterocycles. The molecule has 0 atom stereocenters. The third kappa shape index (κ3) is 4.71. The zero-order valence-electron chi connectivity index (χ0n) is 15.7. The van der Waals surface area contributed by atoms with Gasteiger partial charge >= 0.3 is 0 Å². The van der Waals surface area contributed by atoms with Crippen molar-refractivity contribution in [3.05, 3.63) is 59.2 Å². The number of nitrogens with zero attached hydrogens (tertiary/aromatic N) is 1. The molecule has 0 aliphatic carbocycles. The van der Waals surface area contributed by atoms with Gasteiger partial charge in [-0.05, 0) is 43.5 Å². The minimum Gasteiger partial charge on any atom is -0.311 e. The van der Waals surface area contributed by atoms with Gasteiger partial charge in [-0.25, -0.2) is 13.1 Å². The Balaban J connectivity index is 2.14. The van der Waals surface area contributed by atoms with Gasteiger partial charge in [-0.15, -0.1) is 0 Å². The Bertz CT molecular complexity index is 892. The van der Waals surface area contributed by atoms with Crippen LogP contribution in [0.3, 0.4) is 0 Å². The van der Waals surface area contributed by atoms with Gasteiger partial charge < -0.3 is 4.90 Å². The number of amides is 1. The van der Waals surface area contributed by atoms with E-state index < -0.39 is 10.0 Å². The number of carbonyl (C=O) groups excluding carboxylic acids is 1. The van der Waals surface area contributed by atoms with E-state index in [0.29, 0.717) is 5.56 Å². The first kappa shape index (κ1) is 20.1. The Kier molecular flexibility index (Phi) is 6.56. The van der Waals surface area contributed by atoms with Gasteiger partial charge in [-0.2, -0.15) is 0 Å². The number of carbonyl (C=O) groups is 1. The van der Waals surface area contributed by atoms with Crippen LogP contribution in [-0.2, 0) is 21.2 Å². The normalized spacial score (nSPS) is 11.4. The lowest BCUT2D eigenvalue weighted by Gasteiger charge is -2.24. The quantitative estimate of drug-likeness (QED) is 0.809. The highest BCUT2D eigenvalue weighted by molar-refractivity contribution is 7.89. The van der Waals surface area contributed by atoms with Gasteiger partial charge in [0.2, 0.25) is 15.9 Å². The monoisotopic (exact) mass is 374 g/mol. The molecule has 140 valence electrons. The van der Waals surface area contributed by atoms with Crippen LogP contribution >= 0.6 is 0 Å². The molecule has 2 aromatic rings. The van der Waals surface area contributed by atoms with E-state index in [9.17, 15) is 13.2 Å². The van der Waals surface area contributed by atoms with Gasteiger partial charge in [0.05, 0.1) is 4.90 Å². The number of benzene rings is 2. The van der Waals surface area contributed by atoms with Crippen LogP contribution in [0.5, 0.6) is 0 Å². The summed E-state index contributed by atoms with van der Waals surface area (Å²) in [6, 6.07) is 12.9. The molecule has 0 saturated carbocycles. The van der Waals surface area contributed by atoms with Crippen molar-refractivity contribution in [3.63, 3.8) is 0 Å².